The monoisotopic (exact) mass is 519 g/mol. The van der Waals surface area contributed by atoms with E-state index in [4.69, 9.17) is 9.47 Å². The lowest BCUT2D eigenvalue weighted by molar-refractivity contribution is 0.0322. The molecule has 200 valence electrons. The highest BCUT2D eigenvalue weighted by Crippen LogP contribution is 2.32. The molecule has 6 rings (SSSR count). The Hall–Kier alpha value is -3.63. The van der Waals surface area contributed by atoms with Crippen LogP contribution in [0.3, 0.4) is 0 Å². The van der Waals surface area contributed by atoms with Crippen LogP contribution in [0.25, 0.3) is 10.9 Å². The zero-order chi connectivity index (χ0) is 26.1. The van der Waals surface area contributed by atoms with Crippen molar-refractivity contribution < 1.29 is 24.2 Å². The number of aromatic nitrogens is 2. The molecule has 10 heteroatoms. The molecule has 10 nitrogen and oxygen atoms in total. The molecule has 2 fully saturated rings. The largest absolute Gasteiger partial charge is 0.507 e. The molecule has 38 heavy (non-hydrogen) atoms. The number of ether oxygens (including phenoxy) is 2. The topological polar surface area (TPSA) is 111 Å². The Morgan fingerprint density at radius 2 is 1.74 bits per heavy atom. The minimum absolute atomic E-state index is 0.133. The Labute approximate surface area is 221 Å². The summed E-state index contributed by atoms with van der Waals surface area (Å²) in [6.07, 6.45) is 3.08. The van der Waals surface area contributed by atoms with Crippen molar-refractivity contribution in [2.75, 3.05) is 52.5 Å². The van der Waals surface area contributed by atoms with Crippen molar-refractivity contribution in [2.24, 2.45) is 0 Å². The molecule has 0 radical (unpaired) electrons. The van der Waals surface area contributed by atoms with Crippen LogP contribution in [-0.2, 0) is 17.8 Å². The van der Waals surface area contributed by atoms with Crippen LogP contribution in [0.4, 0.5) is 0 Å². The van der Waals surface area contributed by atoms with Gasteiger partial charge in [0.05, 0.1) is 24.3 Å². The molecule has 2 aromatic carbocycles. The van der Waals surface area contributed by atoms with E-state index in [0.29, 0.717) is 49.4 Å². The summed E-state index contributed by atoms with van der Waals surface area (Å²) in [5.41, 5.74) is 3.08. The van der Waals surface area contributed by atoms with Gasteiger partial charge in [0.15, 0.2) is 5.69 Å². The highest BCUT2D eigenvalue weighted by atomic mass is 16.5. The normalized spacial score (nSPS) is 18.1. The molecule has 4 heterocycles. The lowest BCUT2D eigenvalue weighted by Gasteiger charge is -2.26. The Bertz CT molecular complexity index is 1340. The van der Waals surface area contributed by atoms with Gasteiger partial charge >= 0.3 is 0 Å². The van der Waals surface area contributed by atoms with E-state index in [2.05, 4.69) is 15.1 Å². The van der Waals surface area contributed by atoms with E-state index in [1.54, 1.807) is 11.0 Å². The van der Waals surface area contributed by atoms with E-state index in [1.165, 1.54) is 6.07 Å². The van der Waals surface area contributed by atoms with Crippen molar-refractivity contribution in [3.05, 3.63) is 52.7 Å². The quantitative estimate of drug-likeness (QED) is 0.515. The first kappa shape index (κ1) is 24.7. The molecule has 2 saturated heterocycles. The van der Waals surface area contributed by atoms with Crippen LogP contribution in [0.1, 0.15) is 51.2 Å². The van der Waals surface area contributed by atoms with Gasteiger partial charge in [-0.05, 0) is 48.6 Å². The lowest BCUT2D eigenvalue weighted by Crippen LogP contribution is -2.38. The number of phenolic OH excluding ortho intramolecular Hbond substituents is 1. The van der Waals surface area contributed by atoms with E-state index in [0.717, 1.165) is 69.0 Å². The molecule has 3 aliphatic rings. The smallest absolute Gasteiger partial charge is 0.274 e. The van der Waals surface area contributed by atoms with Crippen LogP contribution in [-0.4, -0.2) is 94.4 Å². The molecule has 0 saturated carbocycles. The standard InChI is InChI=1S/C28H33N5O5/c34-25-16-24-22(26(30-29-24)28(36)32-6-2-1-3-7-32)15-23(25)27(35)33-17-19-4-5-21(14-20(19)18-33)38-13-10-31-8-11-37-12-9-31/h4-5,14-16,34H,1-3,6-13,17-18H2,(H,29,30). The van der Waals surface area contributed by atoms with Crippen molar-refractivity contribution >= 4 is 22.7 Å². The SMILES string of the molecule is O=C(c1cc2c(C(=O)N3CCCCC3)n[nH]c2cc1O)N1Cc2ccc(OCCN3CCOCC3)cc2C1. The van der Waals surface area contributed by atoms with Crippen LogP contribution in [0.2, 0.25) is 0 Å². The molecule has 0 aliphatic carbocycles. The second-order valence-electron chi connectivity index (χ2n) is 10.2. The van der Waals surface area contributed by atoms with E-state index >= 15 is 0 Å². The van der Waals surface area contributed by atoms with Crippen molar-refractivity contribution in [1.82, 2.24) is 24.9 Å². The molecule has 0 unspecified atom stereocenters. The summed E-state index contributed by atoms with van der Waals surface area (Å²) in [6, 6.07) is 9.01. The molecule has 0 bridgehead atoms. The van der Waals surface area contributed by atoms with Crippen LogP contribution in [0.15, 0.2) is 30.3 Å². The number of hydrogen-bond acceptors (Lipinski definition) is 7. The summed E-state index contributed by atoms with van der Waals surface area (Å²) >= 11 is 0. The third-order valence-electron chi connectivity index (χ3n) is 7.72. The average molecular weight is 520 g/mol. The second kappa shape index (κ2) is 10.6. The number of nitrogens with zero attached hydrogens (tertiary/aromatic N) is 4. The van der Waals surface area contributed by atoms with Crippen molar-refractivity contribution in [1.29, 1.82) is 0 Å². The molecule has 2 amide bonds. The Balaban J connectivity index is 1.15. The summed E-state index contributed by atoms with van der Waals surface area (Å²) in [6.45, 7) is 7.13. The van der Waals surface area contributed by atoms with Crippen molar-refractivity contribution in [2.45, 2.75) is 32.4 Å². The summed E-state index contributed by atoms with van der Waals surface area (Å²) < 4.78 is 11.4. The third kappa shape index (κ3) is 4.93. The van der Waals surface area contributed by atoms with Gasteiger partial charge in [0.2, 0.25) is 0 Å². The number of nitrogens with one attached hydrogen (secondary N) is 1. The predicted octanol–water partition coefficient (Wildman–Crippen LogP) is 2.76. The van der Waals surface area contributed by atoms with Crippen molar-refractivity contribution in [3.63, 3.8) is 0 Å². The average Bonchev–Trinajstić information content (AvgIpc) is 3.56. The molecular formula is C28H33N5O5. The van der Waals surface area contributed by atoms with Gasteiger partial charge in [0, 0.05) is 57.3 Å². The molecular weight excluding hydrogens is 486 g/mol. The Kier molecular flexibility index (Phi) is 6.90. The molecule has 3 aromatic rings. The molecule has 3 aliphatic heterocycles. The first-order chi connectivity index (χ1) is 18.6. The van der Waals surface area contributed by atoms with E-state index in [1.807, 2.05) is 23.1 Å². The number of aromatic hydroxyl groups is 1. The second-order valence-corrected chi connectivity index (χ2v) is 10.2. The maximum absolute atomic E-state index is 13.5. The summed E-state index contributed by atoms with van der Waals surface area (Å²) in [7, 11) is 0. The van der Waals surface area contributed by atoms with Gasteiger partial charge in [0.1, 0.15) is 18.1 Å². The van der Waals surface area contributed by atoms with Gasteiger partial charge in [-0.1, -0.05) is 6.07 Å². The highest BCUT2D eigenvalue weighted by Gasteiger charge is 2.29. The Morgan fingerprint density at radius 1 is 0.947 bits per heavy atom. The van der Waals surface area contributed by atoms with Crippen LogP contribution in [0.5, 0.6) is 11.5 Å². The maximum atomic E-state index is 13.5. The fraction of sp³-hybridized carbons (Fsp3) is 0.464. The van der Waals surface area contributed by atoms with Gasteiger partial charge in [-0.3, -0.25) is 19.6 Å². The number of rotatable bonds is 6. The number of carbonyl (C=O) groups is 2. The van der Waals surface area contributed by atoms with Crippen LogP contribution in [0, 0.1) is 0 Å². The zero-order valence-electron chi connectivity index (χ0n) is 21.4. The number of morpholine rings is 1. The summed E-state index contributed by atoms with van der Waals surface area (Å²) in [5.74, 6) is 0.226. The minimum atomic E-state index is -0.284. The number of aromatic amines is 1. The van der Waals surface area contributed by atoms with Gasteiger partial charge in [0.25, 0.3) is 11.8 Å². The van der Waals surface area contributed by atoms with Gasteiger partial charge < -0.3 is 24.4 Å². The highest BCUT2D eigenvalue weighted by molar-refractivity contribution is 6.08. The number of likely N-dealkylation sites (tertiary alicyclic amines) is 1. The van der Waals surface area contributed by atoms with Crippen LogP contribution < -0.4 is 4.74 Å². The van der Waals surface area contributed by atoms with E-state index in [-0.39, 0.29) is 23.1 Å². The maximum Gasteiger partial charge on any atom is 0.274 e. The number of piperidine rings is 1. The van der Waals surface area contributed by atoms with Gasteiger partial charge in [-0.2, -0.15) is 5.10 Å². The number of phenols is 1. The number of H-pyrrole nitrogens is 1. The van der Waals surface area contributed by atoms with Crippen molar-refractivity contribution in [3.8, 4) is 11.5 Å². The zero-order valence-corrected chi connectivity index (χ0v) is 21.4. The minimum Gasteiger partial charge on any atom is -0.507 e. The van der Waals surface area contributed by atoms with E-state index < -0.39 is 0 Å². The number of hydrogen-bond donors (Lipinski definition) is 2. The number of amides is 2. The number of carbonyl (C=O) groups excluding carboxylic acids is 2. The fourth-order valence-electron chi connectivity index (χ4n) is 5.53. The predicted molar refractivity (Wildman–Crippen MR) is 140 cm³/mol. The van der Waals surface area contributed by atoms with Gasteiger partial charge in [-0.25, -0.2) is 0 Å². The Morgan fingerprint density at radius 3 is 2.55 bits per heavy atom. The lowest BCUT2D eigenvalue weighted by atomic mass is 10.1. The fourth-order valence-corrected chi connectivity index (χ4v) is 5.53. The summed E-state index contributed by atoms with van der Waals surface area (Å²) in [5, 5.41) is 18.3. The number of benzene rings is 2. The van der Waals surface area contributed by atoms with Crippen LogP contribution >= 0.6 is 0 Å². The number of fused-ring (bicyclic) bond motifs is 2. The molecule has 0 spiro atoms. The third-order valence-corrected chi connectivity index (χ3v) is 7.72. The first-order valence-corrected chi connectivity index (χ1v) is 13.4. The molecule has 2 N–H and O–H groups in total. The molecule has 0 atom stereocenters. The van der Waals surface area contributed by atoms with Gasteiger partial charge in [-0.15, -0.1) is 0 Å². The summed E-state index contributed by atoms with van der Waals surface area (Å²) in [4.78, 5) is 32.5. The van der Waals surface area contributed by atoms with E-state index in [9.17, 15) is 14.7 Å². The molecule has 1 aromatic heterocycles. The first-order valence-electron chi connectivity index (χ1n) is 13.4.